The van der Waals surface area contributed by atoms with Gasteiger partial charge in [-0.1, -0.05) is 37.3 Å². The van der Waals surface area contributed by atoms with Crippen LogP contribution >= 0.6 is 0 Å². The molecule has 1 aromatic heterocycles. The van der Waals surface area contributed by atoms with Gasteiger partial charge in [0.05, 0.1) is 6.04 Å². The minimum Gasteiger partial charge on any atom is -0.344 e. The van der Waals surface area contributed by atoms with Gasteiger partial charge in [0.15, 0.2) is 0 Å². The molecule has 0 spiro atoms. The first-order chi connectivity index (χ1) is 8.72. The van der Waals surface area contributed by atoms with Crippen LogP contribution < -0.4 is 5.32 Å². The number of hydrogen-bond acceptors (Lipinski definition) is 2. The van der Waals surface area contributed by atoms with E-state index in [-0.39, 0.29) is 11.9 Å². The molecule has 2 rings (SSSR count). The van der Waals surface area contributed by atoms with E-state index < -0.39 is 0 Å². The second-order valence-corrected chi connectivity index (χ2v) is 4.19. The Labute approximate surface area is 107 Å². The van der Waals surface area contributed by atoms with Gasteiger partial charge in [0.25, 0.3) is 5.91 Å². The van der Waals surface area contributed by atoms with Gasteiger partial charge in [0.2, 0.25) is 0 Å². The molecular weight excluding hydrogens is 226 g/mol. The number of rotatable bonds is 4. The molecule has 1 amide bonds. The molecule has 0 saturated carbocycles. The van der Waals surface area contributed by atoms with Crippen molar-refractivity contribution < 1.29 is 4.79 Å². The van der Waals surface area contributed by atoms with Crippen molar-refractivity contribution in [3.8, 4) is 0 Å². The highest BCUT2D eigenvalue weighted by Gasteiger charge is 2.15. The summed E-state index contributed by atoms with van der Waals surface area (Å²) in [5, 5.41) is 7.03. The highest BCUT2D eigenvalue weighted by Crippen LogP contribution is 2.16. The number of nitrogens with zero attached hydrogens (tertiary/aromatic N) is 2. The van der Waals surface area contributed by atoms with Gasteiger partial charge >= 0.3 is 0 Å². The van der Waals surface area contributed by atoms with Crippen molar-refractivity contribution in [2.24, 2.45) is 7.05 Å². The first-order valence-corrected chi connectivity index (χ1v) is 6.06. The fourth-order valence-electron chi connectivity index (χ4n) is 1.94. The van der Waals surface area contributed by atoms with E-state index >= 15 is 0 Å². The van der Waals surface area contributed by atoms with Crippen molar-refractivity contribution in [3.63, 3.8) is 0 Å². The number of aromatic nitrogens is 2. The van der Waals surface area contributed by atoms with E-state index in [1.165, 1.54) is 0 Å². The molecule has 0 saturated heterocycles. The number of aryl methyl sites for hydroxylation is 1. The number of nitrogens with one attached hydrogen (secondary N) is 1. The molecule has 1 N–H and O–H groups in total. The highest BCUT2D eigenvalue weighted by atomic mass is 16.2. The molecule has 0 bridgehead atoms. The third kappa shape index (κ3) is 2.59. The van der Waals surface area contributed by atoms with Gasteiger partial charge in [0, 0.05) is 13.2 Å². The maximum atomic E-state index is 12.1. The average molecular weight is 243 g/mol. The zero-order valence-electron chi connectivity index (χ0n) is 10.6. The zero-order valence-corrected chi connectivity index (χ0v) is 10.6. The predicted molar refractivity (Wildman–Crippen MR) is 70.1 cm³/mol. The maximum absolute atomic E-state index is 12.1. The van der Waals surface area contributed by atoms with Gasteiger partial charge in [-0.25, -0.2) is 0 Å². The van der Waals surface area contributed by atoms with Crippen LogP contribution in [0, 0.1) is 0 Å². The summed E-state index contributed by atoms with van der Waals surface area (Å²) in [5.74, 6) is -0.0919. The smallest absolute Gasteiger partial charge is 0.270 e. The van der Waals surface area contributed by atoms with Gasteiger partial charge in [-0.2, -0.15) is 5.10 Å². The van der Waals surface area contributed by atoms with E-state index in [9.17, 15) is 4.79 Å². The molecule has 0 aliphatic carbocycles. The molecule has 0 fully saturated rings. The van der Waals surface area contributed by atoms with Gasteiger partial charge in [-0.05, 0) is 18.1 Å². The Bertz CT molecular complexity index is 519. The molecule has 1 unspecified atom stereocenters. The van der Waals surface area contributed by atoms with Crippen molar-refractivity contribution in [2.45, 2.75) is 19.4 Å². The summed E-state index contributed by atoms with van der Waals surface area (Å²) in [5.41, 5.74) is 1.69. The van der Waals surface area contributed by atoms with E-state index in [0.717, 1.165) is 12.0 Å². The largest absolute Gasteiger partial charge is 0.344 e. The van der Waals surface area contributed by atoms with Gasteiger partial charge in [0.1, 0.15) is 5.69 Å². The van der Waals surface area contributed by atoms with E-state index in [0.29, 0.717) is 5.69 Å². The Morgan fingerprint density at radius 3 is 2.61 bits per heavy atom. The van der Waals surface area contributed by atoms with Crippen LogP contribution in [0.3, 0.4) is 0 Å². The second-order valence-electron chi connectivity index (χ2n) is 4.19. The fourth-order valence-corrected chi connectivity index (χ4v) is 1.94. The van der Waals surface area contributed by atoms with Crippen LogP contribution in [0.1, 0.15) is 35.4 Å². The minimum atomic E-state index is -0.0919. The summed E-state index contributed by atoms with van der Waals surface area (Å²) >= 11 is 0. The summed E-state index contributed by atoms with van der Waals surface area (Å²) in [6.07, 6.45) is 2.48. The molecule has 2 aromatic rings. The SMILES string of the molecule is CCC(NC(=O)c1ccnn1C)c1ccccc1. The lowest BCUT2D eigenvalue weighted by molar-refractivity contribution is 0.0926. The Kier molecular flexibility index (Phi) is 3.77. The van der Waals surface area contributed by atoms with Crippen LogP contribution in [-0.2, 0) is 7.05 Å². The van der Waals surface area contributed by atoms with Crippen molar-refractivity contribution >= 4 is 5.91 Å². The monoisotopic (exact) mass is 243 g/mol. The third-order valence-electron chi connectivity index (χ3n) is 2.97. The van der Waals surface area contributed by atoms with Crippen molar-refractivity contribution in [1.29, 1.82) is 0 Å². The van der Waals surface area contributed by atoms with Crippen LogP contribution in [0.4, 0.5) is 0 Å². The van der Waals surface area contributed by atoms with Gasteiger partial charge < -0.3 is 5.32 Å². The van der Waals surface area contributed by atoms with Crippen LogP contribution in [-0.4, -0.2) is 15.7 Å². The van der Waals surface area contributed by atoms with Crippen LogP contribution in [0.2, 0.25) is 0 Å². The molecule has 0 radical (unpaired) electrons. The number of carbonyl (C=O) groups is 1. The molecule has 94 valence electrons. The summed E-state index contributed by atoms with van der Waals surface area (Å²) in [7, 11) is 1.76. The lowest BCUT2D eigenvalue weighted by atomic mass is 10.0. The summed E-state index contributed by atoms with van der Waals surface area (Å²) in [4.78, 5) is 12.1. The first kappa shape index (κ1) is 12.4. The van der Waals surface area contributed by atoms with E-state index in [1.54, 1.807) is 24.0 Å². The Hall–Kier alpha value is -2.10. The standard InChI is InChI=1S/C14H17N3O/c1-3-12(11-7-5-4-6-8-11)16-14(18)13-9-10-15-17(13)2/h4-10,12H,3H2,1-2H3,(H,16,18). The van der Waals surface area contributed by atoms with E-state index in [2.05, 4.69) is 17.3 Å². The van der Waals surface area contributed by atoms with Crippen molar-refractivity contribution in [1.82, 2.24) is 15.1 Å². The normalized spacial score (nSPS) is 12.1. The van der Waals surface area contributed by atoms with E-state index in [4.69, 9.17) is 0 Å². The van der Waals surface area contributed by atoms with Gasteiger partial charge in [-0.15, -0.1) is 0 Å². The van der Waals surface area contributed by atoms with E-state index in [1.807, 2.05) is 30.3 Å². The number of benzene rings is 1. The Morgan fingerprint density at radius 2 is 2.06 bits per heavy atom. The lowest BCUT2D eigenvalue weighted by Gasteiger charge is -2.17. The average Bonchev–Trinajstić information content (AvgIpc) is 2.83. The van der Waals surface area contributed by atoms with Crippen LogP contribution in [0.25, 0.3) is 0 Å². The van der Waals surface area contributed by atoms with Crippen molar-refractivity contribution in [2.75, 3.05) is 0 Å². The molecule has 1 aromatic carbocycles. The van der Waals surface area contributed by atoms with Crippen LogP contribution in [0.15, 0.2) is 42.6 Å². The number of hydrogen-bond donors (Lipinski definition) is 1. The molecular formula is C14H17N3O. The topological polar surface area (TPSA) is 46.9 Å². The van der Waals surface area contributed by atoms with Crippen LogP contribution in [0.5, 0.6) is 0 Å². The summed E-state index contributed by atoms with van der Waals surface area (Å²) in [6.45, 7) is 2.06. The fraction of sp³-hybridized carbons (Fsp3) is 0.286. The van der Waals surface area contributed by atoms with Crippen molar-refractivity contribution in [3.05, 3.63) is 53.9 Å². The quantitative estimate of drug-likeness (QED) is 0.895. The second kappa shape index (κ2) is 5.49. The molecule has 0 aliphatic heterocycles. The minimum absolute atomic E-state index is 0.0357. The Balaban J connectivity index is 2.13. The zero-order chi connectivity index (χ0) is 13.0. The first-order valence-electron chi connectivity index (χ1n) is 6.06. The predicted octanol–water partition coefficient (Wildman–Crippen LogP) is 2.30. The molecule has 1 atom stereocenters. The molecule has 4 heteroatoms. The maximum Gasteiger partial charge on any atom is 0.270 e. The number of carbonyl (C=O) groups excluding carboxylic acids is 1. The third-order valence-corrected chi connectivity index (χ3v) is 2.97. The summed E-state index contributed by atoms with van der Waals surface area (Å²) < 4.78 is 1.58. The number of amides is 1. The van der Waals surface area contributed by atoms with Gasteiger partial charge in [-0.3, -0.25) is 9.48 Å². The molecule has 4 nitrogen and oxygen atoms in total. The molecule has 0 aliphatic rings. The summed E-state index contributed by atoms with van der Waals surface area (Å²) in [6, 6.07) is 11.7. The molecule has 18 heavy (non-hydrogen) atoms. The molecule has 1 heterocycles. The Morgan fingerprint density at radius 1 is 1.33 bits per heavy atom. The lowest BCUT2D eigenvalue weighted by Crippen LogP contribution is -2.29. The highest BCUT2D eigenvalue weighted by molar-refractivity contribution is 5.92.